The van der Waals surface area contributed by atoms with Crippen LogP contribution >= 0.6 is 0 Å². The minimum atomic E-state index is -3.60. The molecule has 1 N–H and O–H groups in total. The molecular weight excluding hydrogens is 438 g/mol. The van der Waals surface area contributed by atoms with Gasteiger partial charge in [0, 0.05) is 31.9 Å². The Morgan fingerprint density at radius 1 is 1.03 bits per heavy atom. The Morgan fingerprint density at radius 3 is 2.52 bits per heavy atom. The second-order valence-electron chi connectivity index (χ2n) is 8.01. The lowest BCUT2D eigenvalue weighted by molar-refractivity contribution is -0.126. The topological polar surface area (TPSA) is 88.6 Å². The molecule has 1 amide bonds. The molecule has 1 saturated heterocycles. The van der Waals surface area contributed by atoms with Crippen molar-refractivity contribution in [1.82, 2.24) is 14.6 Å². The number of carbonyl (C=O) groups excluding carboxylic acids is 1. The Kier molecular flexibility index (Phi) is 7.36. The normalized spacial score (nSPS) is 16.8. The molecular formula is C25H27N3O4S. The van der Waals surface area contributed by atoms with E-state index in [0.29, 0.717) is 38.4 Å². The standard InChI is InChI=1S/C25H27N3O4S/c29-25(22-10-7-15-28(18-22)33(30,31)23-11-5-2-6-12-23)27-17-21-13-14-26-24(16-21)32-19-20-8-3-1-4-9-20/h1-6,8-9,11-14,16,22H,7,10,15,17-19H2,(H,27,29). The first kappa shape index (κ1) is 22.9. The quantitative estimate of drug-likeness (QED) is 0.551. The number of benzene rings is 2. The second kappa shape index (κ2) is 10.6. The predicted molar refractivity (Wildman–Crippen MR) is 125 cm³/mol. The van der Waals surface area contributed by atoms with Crippen LogP contribution in [-0.2, 0) is 28.0 Å². The lowest BCUT2D eigenvalue weighted by Gasteiger charge is -2.31. The molecule has 2 aromatic carbocycles. The van der Waals surface area contributed by atoms with Gasteiger partial charge in [-0.25, -0.2) is 13.4 Å². The Hall–Kier alpha value is -3.23. The van der Waals surface area contributed by atoms with Crippen molar-refractivity contribution in [3.63, 3.8) is 0 Å². The van der Waals surface area contributed by atoms with E-state index >= 15 is 0 Å². The monoisotopic (exact) mass is 465 g/mol. The van der Waals surface area contributed by atoms with E-state index in [0.717, 1.165) is 11.1 Å². The molecule has 0 bridgehead atoms. The first-order chi connectivity index (χ1) is 16.0. The van der Waals surface area contributed by atoms with Gasteiger partial charge in [-0.15, -0.1) is 0 Å². The van der Waals surface area contributed by atoms with Crippen LogP contribution in [0.1, 0.15) is 24.0 Å². The average molecular weight is 466 g/mol. The van der Waals surface area contributed by atoms with Crippen molar-refractivity contribution in [2.24, 2.45) is 5.92 Å². The van der Waals surface area contributed by atoms with Crippen molar-refractivity contribution in [2.75, 3.05) is 13.1 Å². The van der Waals surface area contributed by atoms with Crippen molar-refractivity contribution in [3.8, 4) is 5.88 Å². The minimum absolute atomic E-state index is 0.147. The summed E-state index contributed by atoms with van der Waals surface area (Å²) in [6.45, 7) is 1.35. The third kappa shape index (κ3) is 5.97. The van der Waals surface area contributed by atoms with Crippen LogP contribution in [0.5, 0.6) is 5.88 Å². The molecule has 1 aromatic heterocycles. The molecule has 1 atom stereocenters. The van der Waals surface area contributed by atoms with Gasteiger partial charge in [0.15, 0.2) is 0 Å². The molecule has 0 radical (unpaired) electrons. The molecule has 4 rings (SSSR count). The number of nitrogens with one attached hydrogen (secondary N) is 1. The summed E-state index contributed by atoms with van der Waals surface area (Å²) in [7, 11) is -3.60. The zero-order valence-electron chi connectivity index (χ0n) is 18.3. The van der Waals surface area contributed by atoms with Crippen LogP contribution in [0.3, 0.4) is 0 Å². The average Bonchev–Trinajstić information content (AvgIpc) is 2.87. The maximum Gasteiger partial charge on any atom is 0.243 e. The maximum absolute atomic E-state index is 12.9. The molecule has 3 aromatic rings. The van der Waals surface area contributed by atoms with Gasteiger partial charge < -0.3 is 10.1 Å². The van der Waals surface area contributed by atoms with Gasteiger partial charge in [0.1, 0.15) is 6.61 Å². The second-order valence-corrected chi connectivity index (χ2v) is 9.95. The molecule has 172 valence electrons. The van der Waals surface area contributed by atoms with Crippen LogP contribution in [0.4, 0.5) is 0 Å². The molecule has 7 nitrogen and oxygen atoms in total. The third-order valence-corrected chi connectivity index (χ3v) is 7.51. The van der Waals surface area contributed by atoms with Gasteiger partial charge in [0.05, 0.1) is 10.8 Å². The molecule has 8 heteroatoms. The Labute approximate surface area is 194 Å². The molecule has 0 aliphatic carbocycles. The van der Waals surface area contributed by atoms with E-state index in [1.807, 2.05) is 36.4 Å². The largest absolute Gasteiger partial charge is 0.473 e. The van der Waals surface area contributed by atoms with Crippen LogP contribution < -0.4 is 10.1 Å². The molecule has 1 fully saturated rings. The highest BCUT2D eigenvalue weighted by atomic mass is 32.2. The van der Waals surface area contributed by atoms with Gasteiger partial charge in [-0.2, -0.15) is 4.31 Å². The van der Waals surface area contributed by atoms with E-state index in [2.05, 4.69) is 10.3 Å². The third-order valence-electron chi connectivity index (χ3n) is 5.63. The molecule has 0 spiro atoms. The predicted octanol–water partition coefficient (Wildman–Crippen LogP) is 3.38. The smallest absolute Gasteiger partial charge is 0.243 e. The van der Waals surface area contributed by atoms with Crippen molar-refractivity contribution in [3.05, 3.63) is 90.1 Å². The molecule has 1 aliphatic rings. The summed E-state index contributed by atoms with van der Waals surface area (Å²) >= 11 is 0. The Morgan fingerprint density at radius 2 is 1.76 bits per heavy atom. The highest BCUT2D eigenvalue weighted by Gasteiger charge is 2.33. The number of ether oxygens (including phenoxy) is 1. The summed E-state index contributed by atoms with van der Waals surface area (Å²) < 4.78 is 33.0. The van der Waals surface area contributed by atoms with Crippen molar-refractivity contribution in [1.29, 1.82) is 0 Å². The zero-order chi connectivity index (χ0) is 23.1. The first-order valence-electron chi connectivity index (χ1n) is 11.0. The van der Waals surface area contributed by atoms with Crippen LogP contribution in [0.15, 0.2) is 83.9 Å². The number of amides is 1. The molecule has 1 unspecified atom stereocenters. The highest BCUT2D eigenvalue weighted by molar-refractivity contribution is 7.89. The van der Waals surface area contributed by atoms with Crippen molar-refractivity contribution < 1.29 is 17.9 Å². The number of pyridine rings is 1. The van der Waals surface area contributed by atoms with Gasteiger partial charge in [0.2, 0.25) is 21.8 Å². The van der Waals surface area contributed by atoms with Crippen LogP contribution in [0, 0.1) is 5.92 Å². The Balaban J connectivity index is 1.32. The molecule has 33 heavy (non-hydrogen) atoms. The summed E-state index contributed by atoms with van der Waals surface area (Å²) in [6.07, 6.45) is 2.96. The van der Waals surface area contributed by atoms with E-state index in [1.54, 1.807) is 42.6 Å². The number of rotatable bonds is 8. The van der Waals surface area contributed by atoms with Crippen molar-refractivity contribution in [2.45, 2.75) is 30.9 Å². The first-order valence-corrected chi connectivity index (χ1v) is 12.4. The number of hydrogen-bond donors (Lipinski definition) is 1. The van der Waals surface area contributed by atoms with Crippen molar-refractivity contribution >= 4 is 15.9 Å². The molecule has 1 aliphatic heterocycles. The number of piperidine rings is 1. The molecule has 2 heterocycles. The SMILES string of the molecule is O=C(NCc1ccnc(OCc2ccccc2)c1)C1CCCN(S(=O)(=O)c2ccccc2)C1. The van der Waals surface area contributed by atoms with Crippen LogP contribution in [0.2, 0.25) is 0 Å². The summed E-state index contributed by atoms with van der Waals surface area (Å²) in [6, 6.07) is 21.8. The minimum Gasteiger partial charge on any atom is -0.473 e. The van der Waals surface area contributed by atoms with Crippen LogP contribution in [-0.4, -0.2) is 36.7 Å². The van der Waals surface area contributed by atoms with E-state index < -0.39 is 10.0 Å². The summed E-state index contributed by atoms with van der Waals surface area (Å²) in [4.78, 5) is 17.3. The Bertz CT molecular complexity index is 1170. The van der Waals surface area contributed by atoms with Gasteiger partial charge in [-0.05, 0) is 42.2 Å². The lowest BCUT2D eigenvalue weighted by atomic mass is 9.99. The van der Waals surface area contributed by atoms with Crippen LogP contribution in [0.25, 0.3) is 0 Å². The fourth-order valence-electron chi connectivity index (χ4n) is 3.82. The van der Waals surface area contributed by atoms with Gasteiger partial charge in [-0.3, -0.25) is 4.79 Å². The number of aromatic nitrogens is 1. The van der Waals surface area contributed by atoms with E-state index in [-0.39, 0.29) is 23.3 Å². The summed E-state index contributed by atoms with van der Waals surface area (Å²) in [5.74, 6) is -0.0391. The molecule has 0 saturated carbocycles. The fourth-order valence-corrected chi connectivity index (χ4v) is 5.37. The fraction of sp³-hybridized carbons (Fsp3) is 0.280. The number of sulfonamides is 1. The summed E-state index contributed by atoms with van der Waals surface area (Å²) in [5, 5.41) is 2.94. The number of hydrogen-bond acceptors (Lipinski definition) is 5. The van der Waals surface area contributed by atoms with E-state index in [1.165, 1.54) is 4.31 Å². The number of nitrogens with zero attached hydrogens (tertiary/aromatic N) is 2. The lowest BCUT2D eigenvalue weighted by Crippen LogP contribution is -2.45. The van der Waals surface area contributed by atoms with Gasteiger partial charge >= 0.3 is 0 Å². The summed E-state index contributed by atoms with van der Waals surface area (Å²) in [5.41, 5.74) is 1.91. The van der Waals surface area contributed by atoms with Gasteiger partial charge in [0.25, 0.3) is 0 Å². The zero-order valence-corrected chi connectivity index (χ0v) is 19.1. The van der Waals surface area contributed by atoms with E-state index in [4.69, 9.17) is 4.74 Å². The van der Waals surface area contributed by atoms with E-state index in [9.17, 15) is 13.2 Å². The highest BCUT2D eigenvalue weighted by Crippen LogP contribution is 2.24. The maximum atomic E-state index is 12.9. The number of carbonyl (C=O) groups is 1. The van der Waals surface area contributed by atoms with Gasteiger partial charge in [-0.1, -0.05) is 48.5 Å².